The Labute approximate surface area is 123 Å². The van der Waals surface area contributed by atoms with Crippen molar-refractivity contribution in [2.45, 2.75) is 32.3 Å². The van der Waals surface area contributed by atoms with Crippen molar-refractivity contribution in [2.75, 3.05) is 18.9 Å². The number of carbonyl (C=O) groups is 2. The summed E-state index contributed by atoms with van der Waals surface area (Å²) in [6.07, 6.45) is 1.82. The van der Waals surface area contributed by atoms with Crippen LogP contribution in [-0.4, -0.2) is 31.1 Å². The first kappa shape index (κ1) is 15.2. The van der Waals surface area contributed by atoms with Gasteiger partial charge in [0.25, 0.3) is 5.91 Å². The number of carbonyl (C=O) groups excluding carboxylic acids is 2. The van der Waals surface area contributed by atoms with E-state index in [-0.39, 0.29) is 23.8 Å². The molecule has 1 unspecified atom stereocenters. The zero-order chi connectivity index (χ0) is 15.2. The first-order chi connectivity index (χ1) is 10.1. The van der Waals surface area contributed by atoms with Gasteiger partial charge in [0.1, 0.15) is 11.3 Å². The summed E-state index contributed by atoms with van der Waals surface area (Å²) in [6, 6.07) is 4.70. The second-order valence-corrected chi connectivity index (χ2v) is 4.87. The van der Waals surface area contributed by atoms with Gasteiger partial charge < -0.3 is 20.5 Å². The minimum atomic E-state index is -0.609. The topological polar surface area (TPSA) is 90.7 Å². The van der Waals surface area contributed by atoms with Crippen molar-refractivity contribution >= 4 is 17.6 Å². The number of benzene rings is 1. The number of nitrogen functional groups attached to an aromatic ring is 1. The molecule has 0 bridgehead atoms. The fourth-order valence-electron chi connectivity index (χ4n) is 2.19. The smallest absolute Gasteiger partial charge is 0.341 e. The van der Waals surface area contributed by atoms with Crippen LogP contribution >= 0.6 is 0 Å². The Bertz CT molecular complexity index is 530. The molecule has 6 nitrogen and oxygen atoms in total. The third-order valence-corrected chi connectivity index (χ3v) is 3.25. The number of nitrogens with one attached hydrogen (secondary N) is 1. The monoisotopic (exact) mass is 292 g/mol. The number of hydrogen-bond acceptors (Lipinski definition) is 5. The van der Waals surface area contributed by atoms with Crippen LogP contribution in [0.1, 0.15) is 36.5 Å². The highest BCUT2D eigenvalue weighted by molar-refractivity contribution is 5.93. The zero-order valence-electron chi connectivity index (χ0n) is 12.1. The average Bonchev–Trinajstić information content (AvgIpc) is 2.64. The van der Waals surface area contributed by atoms with Gasteiger partial charge in [-0.25, -0.2) is 4.79 Å². The third kappa shape index (κ3) is 3.87. The number of anilines is 1. The molecule has 1 saturated heterocycles. The van der Waals surface area contributed by atoms with Crippen molar-refractivity contribution in [2.24, 2.45) is 0 Å². The normalized spacial score (nSPS) is 18.5. The average molecular weight is 292 g/mol. The largest absolute Gasteiger partial charge is 0.480 e. The van der Waals surface area contributed by atoms with E-state index in [0.717, 1.165) is 12.8 Å². The lowest BCUT2D eigenvalue weighted by Gasteiger charge is -2.18. The van der Waals surface area contributed by atoms with Crippen LogP contribution in [0.2, 0.25) is 0 Å². The number of esters is 1. The van der Waals surface area contributed by atoms with E-state index in [9.17, 15) is 9.59 Å². The van der Waals surface area contributed by atoms with Gasteiger partial charge in [-0.3, -0.25) is 4.79 Å². The van der Waals surface area contributed by atoms with Crippen molar-refractivity contribution in [1.29, 1.82) is 0 Å². The Morgan fingerprint density at radius 1 is 1.43 bits per heavy atom. The Balaban J connectivity index is 2.22. The first-order valence-corrected chi connectivity index (χ1v) is 7.13. The summed E-state index contributed by atoms with van der Waals surface area (Å²) in [4.78, 5) is 23.9. The van der Waals surface area contributed by atoms with Crippen molar-refractivity contribution in [1.82, 2.24) is 5.32 Å². The van der Waals surface area contributed by atoms with E-state index in [4.69, 9.17) is 15.2 Å². The highest BCUT2D eigenvalue weighted by atomic mass is 16.5. The number of nitrogens with two attached hydrogens (primary N) is 1. The van der Waals surface area contributed by atoms with Gasteiger partial charge in [-0.05, 0) is 38.3 Å². The lowest BCUT2D eigenvalue weighted by atomic mass is 10.1. The molecule has 114 valence electrons. The van der Waals surface area contributed by atoms with Crippen LogP contribution in [0, 0.1) is 0 Å². The molecule has 1 aliphatic rings. The summed E-state index contributed by atoms with van der Waals surface area (Å²) in [5, 5.41) is 2.79. The summed E-state index contributed by atoms with van der Waals surface area (Å²) in [5.74, 6) is -0.359. The van der Waals surface area contributed by atoms with E-state index in [0.29, 0.717) is 18.7 Å². The Morgan fingerprint density at radius 3 is 3.00 bits per heavy atom. The molecular weight excluding hydrogens is 272 g/mol. The lowest BCUT2D eigenvalue weighted by molar-refractivity contribution is -0.127. The van der Waals surface area contributed by atoms with Gasteiger partial charge in [0.2, 0.25) is 0 Å². The van der Waals surface area contributed by atoms with Crippen LogP contribution in [0.3, 0.4) is 0 Å². The van der Waals surface area contributed by atoms with E-state index in [2.05, 4.69) is 5.32 Å². The van der Waals surface area contributed by atoms with E-state index in [1.165, 1.54) is 0 Å². The first-order valence-electron chi connectivity index (χ1n) is 7.13. The summed E-state index contributed by atoms with van der Waals surface area (Å²) >= 11 is 0. The van der Waals surface area contributed by atoms with Crippen LogP contribution in [0.15, 0.2) is 18.2 Å². The molecule has 0 aromatic heterocycles. The molecule has 1 aromatic rings. The molecule has 3 N–H and O–H groups in total. The molecule has 0 saturated carbocycles. The maximum absolute atomic E-state index is 11.9. The number of hydrogen-bond donors (Lipinski definition) is 2. The van der Waals surface area contributed by atoms with Crippen LogP contribution in [-0.2, 0) is 9.53 Å². The fourth-order valence-corrected chi connectivity index (χ4v) is 2.19. The second-order valence-electron chi connectivity index (χ2n) is 4.87. The van der Waals surface area contributed by atoms with Gasteiger partial charge in [-0.1, -0.05) is 0 Å². The Hall–Kier alpha value is -2.24. The van der Waals surface area contributed by atoms with Gasteiger partial charge in [0.05, 0.1) is 6.61 Å². The van der Waals surface area contributed by atoms with Crippen LogP contribution in [0.5, 0.6) is 5.75 Å². The molecule has 1 aliphatic heterocycles. The van der Waals surface area contributed by atoms with Gasteiger partial charge in [0.15, 0.2) is 6.10 Å². The van der Waals surface area contributed by atoms with Crippen molar-refractivity contribution < 1.29 is 19.1 Å². The Kier molecular flexibility index (Phi) is 5.03. The number of ether oxygens (including phenoxy) is 2. The fraction of sp³-hybridized carbons (Fsp3) is 0.467. The van der Waals surface area contributed by atoms with Gasteiger partial charge >= 0.3 is 5.97 Å². The maximum Gasteiger partial charge on any atom is 0.341 e. The van der Waals surface area contributed by atoms with E-state index >= 15 is 0 Å². The van der Waals surface area contributed by atoms with Crippen LogP contribution in [0.25, 0.3) is 0 Å². The highest BCUT2D eigenvalue weighted by Crippen LogP contribution is 2.25. The SMILES string of the molecule is CCOC(=O)c1ccc(N)cc1OC1CCCCNC1=O. The molecule has 0 spiro atoms. The molecule has 21 heavy (non-hydrogen) atoms. The molecule has 1 amide bonds. The second kappa shape index (κ2) is 6.97. The highest BCUT2D eigenvalue weighted by Gasteiger charge is 2.25. The molecule has 1 aromatic carbocycles. The minimum absolute atomic E-state index is 0.162. The van der Waals surface area contributed by atoms with Crippen molar-refractivity contribution in [3.8, 4) is 5.75 Å². The van der Waals surface area contributed by atoms with Gasteiger partial charge in [-0.15, -0.1) is 0 Å². The lowest BCUT2D eigenvalue weighted by Crippen LogP contribution is -2.36. The van der Waals surface area contributed by atoms with Crippen LogP contribution < -0.4 is 15.8 Å². The molecule has 1 heterocycles. The predicted molar refractivity (Wildman–Crippen MR) is 78.1 cm³/mol. The number of rotatable bonds is 4. The van der Waals surface area contributed by atoms with Crippen molar-refractivity contribution in [3.63, 3.8) is 0 Å². The van der Waals surface area contributed by atoms with Crippen molar-refractivity contribution in [3.05, 3.63) is 23.8 Å². The Morgan fingerprint density at radius 2 is 2.24 bits per heavy atom. The van der Waals surface area contributed by atoms with E-state index < -0.39 is 12.1 Å². The molecular formula is C15H20N2O4. The summed E-state index contributed by atoms with van der Waals surface area (Å²) in [5.41, 5.74) is 6.49. The molecule has 1 fully saturated rings. The van der Waals surface area contributed by atoms with Gasteiger partial charge in [-0.2, -0.15) is 0 Å². The van der Waals surface area contributed by atoms with Gasteiger partial charge in [0, 0.05) is 18.3 Å². The van der Waals surface area contributed by atoms with Crippen LogP contribution in [0.4, 0.5) is 5.69 Å². The van der Waals surface area contributed by atoms with E-state index in [1.54, 1.807) is 25.1 Å². The quantitative estimate of drug-likeness (QED) is 0.648. The molecule has 2 rings (SSSR count). The summed E-state index contributed by atoms with van der Waals surface area (Å²) in [7, 11) is 0. The molecule has 6 heteroatoms. The molecule has 1 atom stereocenters. The predicted octanol–water partition coefficient (Wildman–Crippen LogP) is 1.49. The summed E-state index contributed by atoms with van der Waals surface area (Å²) in [6.45, 7) is 2.65. The third-order valence-electron chi connectivity index (χ3n) is 3.25. The standard InChI is InChI=1S/C15H20N2O4/c1-2-20-15(19)11-7-6-10(16)9-13(11)21-12-5-3-4-8-17-14(12)18/h6-7,9,12H,2-5,8,16H2,1H3,(H,17,18). The summed E-state index contributed by atoms with van der Waals surface area (Å²) < 4.78 is 10.7. The van der Waals surface area contributed by atoms with E-state index in [1.807, 2.05) is 0 Å². The molecule has 0 radical (unpaired) electrons. The molecule has 0 aliphatic carbocycles. The zero-order valence-corrected chi connectivity index (χ0v) is 12.1. The maximum atomic E-state index is 11.9. The number of amides is 1. The minimum Gasteiger partial charge on any atom is -0.480 e.